The summed E-state index contributed by atoms with van der Waals surface area (Å²) in [5, 5.41) is 2.73. The second-order valence-corrected chi connectivity index (χ2v) is 8.39. The number of nitrogens with one attached hydrogen (secondary N) is 1. The van der Waals surface area contributed by atoms with Crippen LogP contribution >= 0.6 is 15.9 Å². The zero-order valence-corrected chi connectivity index (χ0v) is 14.3. The highest BCUT2D eigenvalue weighted by atomic mass is 79.9. The van der Waals surface area contributed by atoms with E-state index in [2.05, 4.69) is 21.2 Å². The number of hydrogen-bond acceptors (Lipinski definition) is 4. The van der Waals surface area contributed by atoms with Crippen molar-refractivity contribution >= 4 is 31.7 Å². The Hall–Kier alpha value is -1.08. The van der Waals surface area contributed by atoms with Gasteiger partial charge in [0, 0.05) is 6.04 Å². The van der Waals surface area contributed by atoms with E-state index in [0.717, 1.165) is 10.0 Å². The highest BCUT2D eigenvalue weighted by molar-refractivity contribution is 9.10. The summed E-state index contributed by atoms with van der Waals surface area (Å²) in [7, 11) is -3.00. The van der Waals surface area contributed by atoms with Gasteiger partial charge in [-0.05, 0) is 53.9 Å². The Kier molecular flexibility index (Phi) is 4.93. The minimum Gasteiger partial charge on any atom is -0.480 e. The molecule has 1 aromatic carbocycles. The van der Waals surface area contributed by atoms with Crippen molar-refractivity contribution in [2.75, 3.05) is 11.5 Å². The van der Waals surface area contributed by atoms with E-state index in [-0.39, 0.29) is 23.5 Å². The number of aryl methyl sites for hydroxylation is 1. The van der Waals surface area contributed by atoms with Gasteiger partial charge in [0.05, 0.1) is 16.0 Å². The second kappa shape index (κ2) is 6.36. The van der Waals surface area contributed by atoms with Gasteiger partial charge < -0.3 is 10.1 Å². The van der Waals surface area contributed by atoms with Crippen molar-refractivity contribution in [3.05, 3.63) is 28.2 Å². The van der Waals surface area contributed by atoms with Crippen molar-refractivity contribution in [2.45, 2.75) is 32.4 Å². The third-order valence-corrected chi connectivity index (χ3v) is 5.73. The van der Waals surface area contributed by atoms with Crippen molar-refractivity contribution < 1.29 is 17.9 Å². The fraction of sp³-hybridized carbons (Fsp3) is 0.500. The molecule has 1 aromatic rings. The van der Waals surface area contributed by atoms with Gasteiger partial charge in [-0.3, -0.25) is 4.79 Å². The lowest BCUT2D eigenvalue weighted by Crippen LogP contribution is -2.43. The third-order valence-electron chi connectivity index (χ3n) is 3.34. The van der Waals surface area contributed by atoms with Crippen molar-refractivity contribution in [1.29, 1.82) is 0 Å². The first kappa shape index (κ1) is 16.3. The number of carbonyl (C=O) groups excluding carboxylic acids is 1. The van der Waals surface area contributed by atoms with Crippen LogP contribution in [0.1, 0.15) is 18.9 Å². The van der Waals surface area contributed by atoms with Crippen LogP contribution in [0.3, 0.4) is 0 Å². The molecule has 1 N–H and O–H groups in total. The van der Waals surface area contributed by atoms with Gasteiger partial charge in [0.1, 0.15) is 5.75 Å². The number of sulfone groups is 1. The molecule has 1 aliphatic heterocycles. The number of rotatable bonds is 4. The van der Waals surface area contributed by atoms with E-state index < -0.39 is 15.9 Å². The zero-order chi connectivity index (χ0) is 15.6. The second-order valence-electron chi connectivity index (χ2n) is 5.30. The molecule has 7 heteroatoms. The first-order valence-electron chi connectivity index (χ1n) is 6.70. The van der Waals surface area contributed by atoms with Crippen molar-refractivity contribution in [2.24, 2.45) is 0 Å². The Morgan fingerprint density at radius 2 is 2.19 bits per heavy atom. The van der Waals surface area contributed by atoms with Gasteiger partial charge in [0.2, 0.25) is 0 Å². The number of hydrogen-bond donors (Lipinski definition) is 1. The molecule has 0 bridgehead atoms. The standard InChI is InChI=1S/C14H18BrNO4S/c1-9-3-4-13(12(15)7-9)20-10(2)14(17)16-11-5-6-21(18,19)8-11/h3-4,7,10-11H,5-6,8H2,1-2H3,(H,16,17). The fourth-order valence-electron chi connectivity index (χ4n) is 2.17. The monoisotopic (exact) mass is 375 g/mol. The van der Waals surface area contributed by atoms with E-state index in [1.165, 1.54) is 0 Å². The van der Waals surface area contributed by atoms with E-state index in [1.807, 2.05) is 19.1 Å². The normalized spacial score (nSPS) is 21.8. The molecule has 0 aliphatic carbocycles. The van der Waals surface area contributed by atoms with E-state index in [0.29, 0.717) is 12.2 Å². The van der Waals surface area contributed by atoms with Crippen molar-refractivity contribution in [3.63, 3.8) is 0 Å². The summed E-state index contributed by atoms with van der Waals surface area (Å²) >= 11 is 3.39. The van der Waals surface area contributed by atoms with E-state index in [9.17, 15) is 13.2 Å². The topological polar surface area (TPSA) is 72.5 Å². The molecule has 116 valence electrons. The molecule has 0 radical (unpaired) electrons. The SMILES string of the molecule is Cc1ccc(OC(C)C(=O)NC2CCS(=O)(=O)C2)c(Br)c1. The summed E-state index contributed by atoms with van der Waals surface area (Å²) in [4.78, 5) is 12.0. The average molecular weight is 376 g/mol. The molecular formula is C14H18BrNO4S. The number of carbonyl (C=O) groups is 1. The molecule has 2 unspecified atom stereocenters. The molecule has 0 saturated carbocycles. The van der Waals surface area contributed by atoms with E-state index in [4.69, 9.17) is 4.74 Å². The van der Waals surface area contributed by atoms with Crippen LogP contribution in [0.15, 0.2) is 22.7 Å². The summed E-state index contributed by atoms with van der Waals surface area (Å²) in [5.74, 6) is 0.433. The van der Waals surface area contributed by atoms with Crippen LogP contribution in [0.25, 0.3) is 0 Å². The maximum atomic E-state index is 12.0. The molecule has 1 aliphatic rings. The third kappa shape index (κ3) is 4.44. The molecule has 1 heterocycles. The Morgan fingerprint density at radius 3 is 2.76 bits per heavy atom. The van der Waals surface area contributed by atoms with Gasteiger partial charge in [-0.15, -0.1) is 0 Å². The zero-order valence-electron chi connectivity index (χ0n) is 11.9. The van der Waals surface area contributed by atoms with Crippen LogP contribution in [0.2, 0.25) is 0 Å². The van der Waals surface area contributed by atoms with Gasteiger partial charge >= 0.3 is 0 Å². The minimum atomic E-state index is -3.00. The maximum absolute atomic E-state index is 12.0. The first-order valence-corrected chi connectivity index (χ1v) is 9.32. The number of halogens is 1. The van der Waals surface area contributed by atoms with Crippen LogP contribution in [-0.4, -0.2) is 38.0 Å². The summed E-state index contributed by atoms with van der Waals surface area (Å²) in [6, 6.07) is 5.29. The van der Waals surface area contributed by atoms with Gasteiger partial charge in [0.15, 0.2) is 15.9 Å². The Labute approximate surface area is 133 Å². The lowest BCUT2D eigenvalue weighted by Gasteiger charge is -2.18. The maximum Gasteiger partial charge on any atom is 0.261 e. The predicted molar refractivity (Wildman–Crippen MR) is 84.2 cm³/mol. The lowest BCUT2D eigenvalue weighted by atomic mass is 10.2. The number of benzene rings is 1. The largest absolute Gasteiger partial charge is 0.480 e. The van der Waals surface area contributed by atoms with Crippen LogP contribution in [-0.2, 0) is 14.6 Å². The van der Waals surface area contributed by atoms with E-state index >= 15 is 0 Å². The number of ether oxygens (including phenoxy) is 1. The Morgan fingerprint density at radius 1 is 1.48 bits per heavy atom. The van der Waals surface area contributed by atoms with Crippen LogP contribution in [0.5, 0.6) is 5.75 Å². The Bertz CT molecular complexity index is 644. The molecule has 2 atom stereocenters. The highest BCUT2D eigenvalue weighted by Gasteiger charge is 2.30. The molecule has 1 saturated heterocycles. The van der Waals surface area contributed by atoms with Crippen LogP contribution < -0.4 is 10.1 Å². The smallest absolute Gasteiger partial charge is 0.261 e. The number of amides is 1. The average Bonchev–Trinajstić information content (AvgIpc) is 2.72. The summed E-state index contributed by atoms with van der Waals surface area (Å²) < 4.78 is 29.1. The Balaban J connectivity index is 1.94. The van der Waals surface area contributed by atoms with Gasteiger partial charge in [-0.25, -0.2) is 8.42 Å². The first-order chi connectivity index (χ1) is 9.77. The molecule has 0 aromatic heterocycles. The van der Waals surface area contributed by atoms with Gasteiger partial charge in [-0.2, -0.15) is 0 Å². The predicted octanol–water partition coefficient (Wildman–Crippen LogP) is 1.83. The quantitative estimate of drug-likeness (QED) is 0.870. The van der Waals surface area contributed by atoms with Gasteiger partial charge in [-0.1, -0.05) is 6.07 Å². The summed E-state index contributed by atoms with van der Waals surface area (Å²) in [6.07, 6.45) is -0.220. The molecule has 0 spiro atoms. The minimum absolute atomic E-state index is 0.0136. The molecule has 1 fully saturated rings. The summed E-state index contributed by atoms with van der Waals surface area (Å²) in [5.41, 5.74) is 1.09. The van der Waals surface area contributed by atoms with E-state index in [1.54, 1.807) is 13.0 Å². The van der Waals surface area contributed by atoms with Crippen LogP contribution in [0.4, 0.5) is 0 Å². The fourth-order valence-corrected chi connectivity index (χ4v) is 4.43. The van der Waals surface area contributed by atoms with Crippen molar-refractivity contribution in [1.82, 2.24) is 5.32 Å². The molecule has 1 amide bonds. The summed E-state index contributed by atoms with van der Waals surface area (Å²) in [6.45, 7) is 3.61. The van der Waals surface area contributed by atoms with Crippen molar-refractivity contribution in [3.8, 4) is 5.75 Å². The molecular weight excluding hydrogens is 358 g/mol. The molecule has 2 rings (SSSR count). The highest BCUT2D eigenvalue weighted by Crippen LogP contribution is 2.26. The molecule has 21 heavy (non-hydrogen) atoms. The van der Waals surface area contributed by atoms with Gasteiger partial charge in [0.25, 0.3) is 5.91 Å². The molecule has 5 nitrogen and oxygen atoms in total. The van der Waals surface area contributed by atoms with Crippen LogP contribution in [0, 0.1) is 6.92 Å². The lowest BCUT2D eigenvalue weighted by molar-refractivity contribution is -0.127.